The molecular formula is C22H34N4O. The summed E-state index contributed by atoms with van der Waals surface area (Å²) in [6, 6.07) is 10.1. The molecule has 0 saturated carbocycles. The zero-order valence-electron chi connectivity index (χ0n) is 16.6. The molecule has 0 aliphatic carbocycles. The fourth-order valence-electron chi connectivity index (χ4n) is 5.15. The van der Waals surface area contributed by atoms with Crippen LogP contribution in [0.5, 0.6) is 0 Å². The number of urea groups is 1. The minimum absolute atomic E-state index is 0.0946. The molecule has 4 heterocycles. The minimum atomic E-state index is -0.0946. The molecule has 1 aromatic rings. The molecule has 5 heteroatoms. The summed E-state index contributed by atoms with van der Waals surface area (Å²) < 4.78 is 0. The van der Waals surface area contributed by atoms with E-state index in [4.69, 9.17) is 0 Å². The van der Waals surface area contributed by atoms with Gasteiger partial charge in [-0.15, -0.1) is 0 Å². The summed E-state index contributed by atoms with van der Waals surface area (Å²) in [6.07, 6.45) is 5.30. The molecule has 5 nitrogen and oxygen atoms in total. The Morgan fingerprint density at radius 3 is 2.59 bits per heavy atom. The minimum Gasteiger partial charge on any atom is -0.336 e. The Morgan fingerprint density at radius 2 is 1.89 bits per heavy atom. The number of benzene rings is 1. The van der Waals surface area contributed by atoms with Crippen LogP contribution in [-0.4, -0.2) is 61.1 Å². The number of para-hydroxylation sites is 1. The van der Waals surface area contributed by atoms with Crippen LogP contribution in [0.15, 0.2) is 30.3 Å². The third-order valence-electron chi connectivity index (χ3n) is 6.91. The highest BCUT2D eigenvalue weighted by Gasteiger charge is 2.40. The molecule has 27 heavy (non-hydrogen) atoms. The van der Waals surface area contributed by atoms with E-state index >= 15 is 0 Å². The van der Waals surface area contributed by atoms with Crippen molar-refractivity contribution in [2.45, 2.75) is 38.6 Å². The Kier molecular flexibility index (Phi) is 5.98. The Balaban J connectivity index is 1.22. The maximum absolute atomic E-state index is 12.2. The first-order valence-electron chi connectivity index (χ1n) is 10.7. The number of nitrogens with zero attached hydrogens (tertiary/aromatic N) is 2. The Morgan fingerprint density at radius 1 is 1.11 bits per heavy atom. The molecule has 2 bridgehead atoms. The van der Waals surface area contributed by atoms with Crippen molar-refractivity contribution >= 4 is 11.7 Å². The standard InChI is InChI=1S/C22H34N4O/c1-17-7-10-25(11-8-17)15-19-16-26-12-9-18(19)13-21(26)14-23-22(27)24-20-5-3-2-4-6-20/h2-6,17-19,21H,7-16H2,1H3,(H2,23,24,27). The molecule has 0 aromatic heterocycles. The first-order chi connectivity index (χ1) is 13.2. The summed E-state index contributed by atoms with van der Waals surface area (Å²) in [7, 11) is 0. The fourth-order valence-corrected chi connectivity index (χ4v) is 5.15. The number of nitrogens with one attached hydrogen (secondary N) is 2. The van der Waals surface area contributed by atoms with Gasteiger partial charge in [-0.05, 0) is 75.2 Å². The van der Waals surface area contributed by atoms with E-state index in [-0.39, 0.29) is 6.03 Å². The van der Waals surface area contributed by atoms with Crippen molar-refractivity contribution in [2.24, 2.45) is 17.8 Å². The molecule has 4 saturated heterocycles. The van der Waals surface area contributed by atoms with Crippen molar-refractivity contribution in [3.63, 3.8) is 0 Å². The Labute approximate surface area is 163 Å². The van der Waals surface area contributed by atoms with E-state index in [1.165, 1.54) is 58.4 Å². The van der Waals surface area contributed by atoms with Gasteiger partial charge in [0.25, 0.3) is 0 Å². The quantitative estimate of drug-likeness (QED) is 0.836. The first kappa shape index (κ1) is 18.8. The second-order valence-electron chi connectivity index (χ2n) is 8.88. The molecule has 4 aliphatic rings. The molecule has 4 atom stereocenters. The van der Waals surface area contributed by atoms with Gasteiger partial charge in [0, 0.05) is 31.4 Å². The lowest BCUT2D eigenvalue weighted by atomic mass is 9.75. The Bertz CT molecular complexity index is 614. The summed E-state index contributed by atoms with van der Waals surface area (Å²) >= 11 is 0. The maximum atomic E-state index is 12.2. The number of anilines is 1. The molecular weight excluding hydrogens is 336 g/mol. The lowest BCUT2D eigenvalue weighted by molar-refractivity contribution is -0.0142. The average molecular weight is 371 g/mol. The van der Waals surface area contributed by atoms with E-state index in [2.05, 4.69) is 27.4 Å². The average Bonchev–Trinajstić information content (AvgIpc) is 2.70. The zero-order chi connectivity index (χ0) is 18.6. The van der Waals surface area contributed by atoms with Crippen molar-refractivity contribution in [3.05, 3.63) is 30.3 Å². The normalized spacial score (nSPS) is 31.6. The smallest absolute Gasteiger partial charge is 0.319 e. The van der Waals surface area contributed by atoms with Gasteiger partial charge < -0.3 is 15.5 Å². The third-order valence-corrected chi connectivity index (χ3v) is 6.91. The number of rotatable bonds is 5. The monoisotopic (exact) mass is 370 g/mol. The first-order valence-corrected chi connectivity index (χ1v) is 10.7. The van der Waals surface area contributed by atoms with Crippen molar-refractivity contribution < 1.29 is 4.79 Å². The van der Waals surface area contributed by atoms with Crippen LogP contribution in [0.4, 0.5) is 10.5 Å². The highest BCUT2D eigenvalue weighted by atomic mass is 16.2. The largest absolute Gasteiger partial charge is 0.336 e. The summed E-state index contributed by atoms with van der Waals surface area (Å²) in [4.78, 5) is 17.5. The van der Waals surface area contributed by atoms with Crippen LogP contribution < -0.4 is 10.6 Å². The van der Waals surface area contributed by atoms with Crippen molar-refractivity contribution in [1.29, 1.82) is 0 Å². The second-order valence-corrected chi connectivity index (χ2v) is 8.88. The number of amides is 2. The number of hydrogen-bond donors (Lipinski definition) is 2. The Hall–Kier alpha value is -1.59. The molecule has 1 aromatic carbocycles. The summed E-state index contributed by atoms with van der Waals surface area (Å²) in [5, 5.41) is 6.00. The van der Waals surface area contributed by atoms with Gasteiger partial charge in [0.05, 0.1) is 0 Å². The van der Waals surface area contributed by atoms with Crippen LogP contribution in [0.3, 0.4) is 0 Å². The predicted octanol–water partition coefficient (Wildman–Crippen LogP) is 3.25. The SMILES string of the molecule is CC1CCN(CC2CN3CCC2CC3CNC(=O)Nc2ccccc2)CC1. The molecule has 5 rings (SSSR count). The third kappa shape index (κ3) is 4.82. The lowest BCUT2D eigenvalue weighted by Gasteiger charge is -2.51. The van der Waals surface area contributed by atoms with Gasteiger partial charge in [0.2, 0.25) is 0 Å². The van der Waals surface area contributed by atoms with Crippen LogP contribution in [-0.2, 0) is 0 Å². The second kappa shape index (κ2) is 8.61. The molecule has 4 aliphatic heterocycles. The summed E-state index contributed by atoms with van der Waals surface area (Å²) in [5.74, 6) is 2.56. The van der Waals surface area contributed by atoms with E-state index in [1.807, 2.05) is 30.3 Å². The highest BCUT2D eigenvalue weighted by Crippen LogP contribution is 2.37. The molecule has 0 spiro atoms. The van der Waals surface area contributed by atoms with Gasteiger partial charge in [-0.3, -0.25) is 4.90 Å². The number of fused-ring (bicyclic) bond motifs is 3. The van der Waals surface area contributed by atoms with Crippen LogP contribution in [0.1, 0.15) is 32.6 Å². The van der Waals surface area contributed by atoms with E-state index in [0.717, 1.165) is 30.0 Å². The lowest BCUT2D eigenvalue weighted by Crippen LogP contribution is -2.58. The van der Waals surface area contributed by atoms with Crippen LogP contribution in [0, 0.1) is 17.8 Å². The van der Waals surface area contributed by atoms with E-state index in [9.17, 15) is 4.79 Å². The number of piperidine rings is 4. The van der Waals surface area contributed by atoms with E-state index in [0.29, 0.717) is 6.04 Å². The molecule has 148 valence electrons. The summed E-state index contributed by atoms with van der Waals surface area (Å²) in [6.45, 7) is 9.40. The van der Waals surface area contributed by atoms with Gasteiger partial charge in [0.15, 0.2) is 0 Å². The molecule has 2 N–H and O–H groups in total. The van der Waals surface area contributed by atoms with Crippen molar-refractivity contribution in [2.75, 3.05) is 44.6 Å². The van der Waals surface area contributed by atoms with Gasteiger partial charge in [-0.1, -0.05) is 25.1 Å². The van der Waals surface area contributed by atoms with Crippen molar-refractivity contribution in [3.8, 4) is 0 Å². The van der Waals surface area contributed by atoms with Gasteiger partial charge in [-0.2, -0.15) is 0 Å². The molecule has 2 amide bonds. The molecule has 0 radical (unpaired) electrons. The van der Waals surface area contributed by atoms with E-state index < -0.39 is 0 Å². The predicted molar refractivity (Wildman–Crippen MR) is 110 cm³/mol. The molecule has 4 unspecified atom stereocenters. The van der Waals surface area contributed by atoms with Crippen LogP contribution in [0.2, 0.25) is 0 Å². The molecule has 4 fully saturated rings. The number of hydrogen-bond acceptors (Lipinski definition) is 3. The van der Waals surface area contributed by atoms with E-state index in [1.54, 1.807) is 0 Å². The number of carbonyl (C=O) groups excluding carboxylic acids is 1. The number of carbonyl (C=O) groups is 1. The highest BCUT2D eigenvalue weighted by molar-refractivity contribution is 5.89. The summed E-state index contributed by atoms with van der Waals surface area (Å²) in [5.41, 5.74) is 0.844. The zero-order valence-corrected chi connectivity index (χ0v) is 16.6. The van der Waals surface area contributed by atoms with Crippen molar-refractivity contribution in [1.82, 2.24) is 15.1 Å². The fraction of sp³-hybridized carbons (Fsp3) is 0.682. The van der Waals surface area contributed by atoms with Crippen LogP contribution >= 0.6 is 0 Å². The van der Waals surface area contributed by atoms with Gasteiger partial charge in [0.1, 0.15) is 0 Å². The topological polar surface area (TPSA) is 47.6 Å². The maximum Gasteiger partial charge on any atom is 0.319 e. The van der Waals surface area contributed by atoms with Crippen LogP contribution in [0.25, 0.3) is 0 Å². The number of likely N-dealkylation sites (tertiary alicyclic amines) is 1. The van der Waals surface area contributed by atoms with Gasteiger partial charge >= 0.3 is 6.03 Å². The van der Waals surface area contributed by atoms with Gasteiger partial charge in [-0.25, -0.2) is 4.79 Å².